The third-order valence-corrected chi connectivity index (χ3v) is 5.66. The first-order chi connectivity index (χ1) is 13.1. The molecular weight excluding hydrogens is 338 g/mol. The van der Waals surface area contributed by atoms with Gasteiger partial charge in [0.15, 0.2) is 5.71 Å². The van der Waals surface area contributed by atoms with Crippen molar-refractivity contribution in [1.29, 1.82) is 0 Å². The molecule has 0 aromatic heterocycles. The van der Waals surface area contributed by atoms with E-state index >= 15 is 0 Å². The number of aliphatic imine (C=N–C) groups is 1. The summed E-state index contributed by atoms with van der Waals surface area (Å²) in [6, 6.07) is 10.2. The summed E-state index contributed by atoms with van der Waals surface area (Å²) >= 11 is 0. The van der Waals surface area contributed by atoms with Crippen LogP contribution < -0.4 is 15.9 Å². The Kier molecular flexibility index (Phi) is 3.72. The van der Waals surface area contributed by atoms with Crippen LogP contribution in [-0.4, -0.2) is 30.9 Å². The van der Waals surface area contributed by atoms with Crippen molar-refractivity contribution >= 4 is 28.6 Å². The molecule has 3 aliphatic heterocycles. The molecule has 0 spiro atoms. The summed E-state index contributed by atoms with van der Waals surface area (Å²) in [7, 11) is 0. The maximum Gasteiger partial charge on any atom is 0.357 e. The Morgan fingerprint density at radius 3 is 2.70 bits per heavy atom. The van der Waals surface area contributed by atoms with E-state index < -0.39 is 0 Å². The highest BCUT2D eigenvalue weighted by molar-refractivity contribution is 6.53. The number of piperidine rings is 1. The molecule has 0 bridgehead atoms. The number of fused-ring (bicyclic) bond motifs is 3. The molecule has 5 nitrogen and oxygen atoms in total. The summed E-state index contributed by atoms with van der Waals surface area (Å²) in [5, 5.41) is 7.50. The first-order valence-electron chi connectivity index (χ1n) is 9.47. The van der Waals surface area contributed by atoms with Gasteiger partial charge in [-0.1, -0.05) is 18.2 Å². The number of ether oxygens (including phenoxy) is 1. The predicted octanol–water partition coefficient (Wildman–Crippen LogP) is 2.10. The zero-order valence-electron chi connectivity index (χ0n) is 15.5. The van der Waals surface area contributed by atoms with Gasteiger partial charge >= 0.3 is 5.97 Å². The minimum Gasteiger partial charge on any atom is -0.458 e. The van der Waals surface area contributed by atoms with Gasteiger partial charge in [0.05, 0.1) is 16.7 Å². The van der Waals surface area contributed by atoms with E-state index in [0.717, 1.165) is 69.5 Å². The molecule has 0 saturated carbocycles. The normalized spacial score (nSPS) is 17.7. The van der Waals surface area contributed by atoms with Crippen molar-refractivity contribution < 1.29 is 9.53 Å². The second-order valence-corrected chi connectivity index (χ2v) is 7.36. The van der Waals surface area contributed by atoms with E-state index in [1.165, 1.54) is 0 Å². The van der Waals surface area contributed by atoms with Crippen LogP contribution in [0.4, 0.5) is 11.4 Å². The molecule has 136 valence electrons. The maximum absolute atomic E-state index is 12.7. The summed E-state index contributed by atoms with van der Waals surface area (Å²) < 4.78 is 5.72. The summed E-state index contributed by atoms with van der Waals surface area (Å²) in [6.07, 6.45) is 1.69. The topological polar surface area (TPSA) is 63.0 Å². The van der Waals surface area contributed by atoms with E-state index in [0.29, 0.717) is 5.71 Å². The monoisotopic (exact) mass is 359 g/mol. The van der Waals surface area contributed by atoms with Gasteiger partial charge in [0.1, 0.15) is 6.10 Å². The molecule has 2 aromatic carbocycles. The van der Waals surface area contributed by atoms with E-state index in [9.17, 15) is 4.79 Å². The average molecular weight is 359 g/mol. The molecule has 3 aliphatic rings. The molecule has 5 heteroatoms. The minimum atomic E-state index is -0.313. The van der Waals surface area contributed by atoms with Crippen molar-refractivity contribution in [2.45, 2.75) is 32.8 Å². The minimum absolute atomic E-state index is 0.0223. The van der Waals surface area contributed by atoms with Crippen molar-refractivity contribution in [3.8, 4) is 0 Å². The predicted molar refractivity (Wildman–Crippen MR) is 104 cm³/mol. The van der Waals surface area contributed by atoms with Crippen LogP contribution in [0.15, 0.2) is 40.3 Å². The Bertz CT molecular complexity index is 1220. The van der Waals surface area contributed by atoms with Crippen molar-refractivity contribution in [1.82, 2.24) is 5.32 Å². The van der Waals surface area contributed by atoms with Crippen LogP contribution in [0.25, 0.3) is 5.57 Å². The summed E-state index contributed by atoms with van der Waals surface area (Å²) in [5.41, 5.74) is 4.22. The van der Waals surface area contributed by atoms with Gasteiger partial charge < -0.3 is 10.1 Å². The number of nitrogens with zero attached hydrogens (tertiary/aromatic N) is 2. The van der Waals surface area contributed by atoms with E-state index in [4.69, 9.17) is 9.73 Å². The van der Waals surface area contributed by atoms with Crippen LogP contribution in [0, 0.1) is 17.4 Å². The van der Waals surface area contributed by atoms with E-state index in [-0.39, 0.29) is 12.1 Å². The Labute approximate surface area is 156 Å². The van der Waals surface area contributed by atoms with Gasteiger partial charge in [-0.05, 0) is 63.0 Å². The molecule has 2 aromatic rings. The summed E-state index contributed by atoms with van der Waals surface area (Å²) in [5.74, 6) is -0.313. The smallest absolute Gasteiger partial charge is 0.357 e. The fourth-order valence-electron chi connectivity index (χ4n) is 4.26. The van der Waals surface area contributed by atoms with Gasteiger partial charge in [-0.25, -0.2) is 14.8 Å². The zero-order valence-corrected chi connectivity index (χ0v) is 15.5. The second kappa shape index (κ2) is 6.13. The van der Waals surface area contributed by atoms with Crippen LogP contribution in [0.2, 0.25) is 0 Å². The third-order valence-electron chi connectivity index (χ3n) is 5.66. The van der Waals surface area contributed by atoms with E-state index in [1.807, 2.05) is 25.1 Å². The molecule has 0 atom stereocenters. The highest BCUT2D eigenvalue weighted by atomic mass is 16.5. The molecule has 0 aliphatic carbocycles. The lowest BCUT2D eigenvalue weighted by Gasteiger charge is -2.22. The summed E-state index contributed by atoms with van der Waals surface area (Å²) in [4.78, 5) is 22.2. The van der Waals surface area contributed by atoms with Crippen LogP contribution in [0.3, 0.4) is 0 Å². The van der Waals surface area contributed by atoms with Gasteiger partial charge in [0.2, 0.25) is 0 Å². The Hall–Kier alpha value is -2.79. The molecule has 27 heavy (non-hydrogen) atoms. The first-order valence-corrected chi connectivity index (χ1v) is 9.47. The van der Waals surface area contributed by atoms with Crippen molar-refractivity contribution in [3.63, 3.8) is 0 Å². The molecule has 0 radical (unpaired) electrons. The number of nitrogens with one attached hydrogen (secondary N) is 1. The second-order valence-electron chi connectivity index (χ2n) is 7.36. The largest absolute Gasteiger partial charge is 0.458 e. The fraction of sp³-hybridized carbons (Fsp3) is 0.318. The van der Waals surface area contributed by atoms with Gasteiger partial charge in [-0.3, -0.25) is 0 Å². The Morgan fingerprint density at radius 1 is 1.11 bits per heavy atom. The van der Waals surface area contributed by atoms with Gasteiger partial charge in [0, 0.05) is 15.7 Å². The average Bonchev–Trinajstić information content (AvgIpc) is 3.22. The molecule has 1 saturated heterocycles. The van der Waals surface area contributed by atoms with Gasteiger partial charge in [-0.2, -0.15) is 0 Å². The molecule has 0 amide bonds. The van der Waals surface area contributed by atoms with Crippen molar-refractivity contribution in [2.24, 2.45) is 9.98 Å². The standard InChI is InChI=1S/C22H21N3O2/c1-12-19-13(2)21(22(26)27-14-7-9-23-10-8-14)25-18(19)11-16-15-5-3-4-6-17(15)24-20(12)16/h3-6,11,14,23H,7-10H2,1-2H3. The van der Waals surface area contributed by atoms with Crippen LogP contribution in [0.5, 0.6) is 0 Å². The fourth-order valence-corrected chi connectivity index (χ4v) is 4.26. The molecule has 3 heterocycles. The Balaban J connectivity index is 1.60. The lowest BCUT2D eigenvalue weighted by Crippen LogP contribution is -2.35. The number of carbonyl (C=O) groups excluding carboxylic acids is 1. The number of esters is 1. The van der Waals surface area contributed by atoms with Gasteiger partial charge in [-0.15, -0.1) is 0 Å². The first kappa shape index (κ1) is 16.4. The third kappa shape index (κ3) is 2.53. The SMILES string of the molecule is CC1=c2c(cc3c(c2C)N=c2ccccc2=3)N=C1C(=O)OC1CCNCC1. The quantitative estimate of drug-likeness (QED) is 0.713. The van der Waals surface area contributed by atoms with Crippen LogP contribution in [-0.2, 0) is 9.53 Å². The van der Waals surface area contributed by atoms with Gasteiger partial charge in [0.25, 0.3) is 0 Å². The van der Waals surface area contributed by atoms with Crippen LogP contribution >= 0.6 is 0 Å². The highest BCUT2D eigenvalue weighted by Gasteiger charge is 2.27. The number of carbonyl (C=O) groups is 1. The summed E-state index contributed by atoms with van der Waals surface area (Å²) in [6.45, 7) is 5.79. The number of rotatable bonds is 2. The highest BCUT2D eigenvalue weighted by Crippen LogP contribution is 2.28. The lowest BCUT2D eigenvalue weighted by molar-refractivity contribution is -0.141. The lowest BCUT2D eigenvalue weighted by atomic mass is 10.0. The Morgan fingerprint density at radius 2 is 1.89 bits per heavy atom. The number of para-hydroxylation sites is 1. The van der Waals surface area contributed by atoms with Crippen molar-refractivity contribution in [2.75, 3.05) is 13.1 Å². The molecule has 0 unspecified atom stereocenters. The van der Waals surface area contributed by atoms with Crippen molar-refractivity contribution in [3.05, 3.63) is 56.9 Å². The number of benzene rings is 2. The number of hydrogen-bond donors (Lipinski definition) is 1. The maximum atomic E-state index is 12.7. The molecule has 1 N–H and O–H groups in total. The van der Waals surface area contributed by atoms with E-state index in [2.05, 4.69) is 29.4 Å². The van der Waals surface area contributed by atoms with Crippen LogP contribution in [0.1, 0.15) is 25.3 Å². The number of hydrogen-bond acceptors (Lipinski definition) is 5. The van der Waals surface area contributed by atoms with E-state index in [1.54, 1.807) is 0 Å². The molecule has 5 rings (SSSR count). The zero-order chi connectivity index (χ0) is 18.5. The molecule has 1 fully saturated rings. The molecular formula is C22H21N3O2.